The van der Waals surface area contributed by atoms with Crippen molar-refractivity contribution >= 4 is 17.7 Å². The van der Waals surface area contributed by atoms with E-state index in [1.54, 1.807) is 0 Å². The van der Waals surface area contributed by atoms with Crippen molar-refractivity contribution in [2.75, 3.05) is 0 Å². The SMILES string of the molecule is Cc1ccccc1-c1nc[c]([Ge]([CH3])([CH3])[CH3])c[n+]1C. The van der Waals surface area contributed by atoms with Crippen molar-refractivity contribution < 1.29 is 4.57 Å². The van der Waals surface area contributed by atoms with Crippen molar-refractivity contribution in [1.82, 2.24) is 4.98 Å². The van der Waals surface area contributed by atoms with Gasteiger partial charge in [-0.2, -0.15) is 0 Å². The van der Waals surface area contributed by atoms with Gasteiger partial charge in [0.05, 0.1) is 0 Å². The average Bonchev–Trinajstić information content (AvgIpc) is 2.29. The molecule has 0 atom stereocenters. The van der Waals surface area contributed by atoms with Crippen LogP contribution in [0.25, 0.3) is 11.4 Å². The molecule has 0 saturated heterocycles. The first-order chi connectivity index (χ1) is 8.39. The zero-order valence-electron chi connectivity index (χ0n) is 11.9. The number of aryl methyl sites for hydroxylation is 2. The number of rotatable bonds is 2. The van der Waals surface area contributed by atoms with Gasteiger partial charge < -0.3 is 0 Å². The third kappa shape index (κ3) is 2.64. The molecule has 0 fully saturated rings. The first kappa shape index (κ1) is 13.3. The van der Waals surface area contributed by atoms with Crippen LogP contribution in [0.15, 0.2) is 36.7 Å². The quantitative estimate of drug-likeness (QED) is 0.615. The average molecular weight is 302 g/mol. The Bertz CT molecular complexity index is 571. The molecule has 0 aliphatic heterocycles. The summed E-state index contributed by atoms with van der Waals surface area (Å²) in [6.45, 7) is 2.13. The Kier molecular flexibility index (Phi) is 3.57. The van der Waals surface area contributed by atoms with Crippen LogP contribution < -0.4 is 8.96 Å². The van der Waals surface area contributed by atoms with E-state index in [1.165, 1.54) is 15.5 Å². The van der Waals surface area contributed by atoms with E-state index in [4.69, 9.17) is 0 Å². The molecule has 0 unspecified atom stereocenters. The van der Waals surface area contributed by atoms with E-state index in [9.17, 15) is 0 Å². The molecule has 18 heavy (non-hydrogen) atoms. The van der Waals surface area contributed by atoms with Crippen LogP contribution in [0.4, 0.5) is 0 Å². The van der Waals surface area contributed by atoms with E-state index in [0.29, 0.717) is 0 Å². The van der Waals surface area contributed by atoms with Gasteiger partial charge in [-0.1, -0.05) is 0 Å². The molecule has 0 radical (unpaired) electrons. The van der Waals surface area contributed by atoms with E-state index in [1.807, 2.05) is 0 Å². The summed E-state index contributed by atoms with van der Waals surface area (Å²) >= 11 is -1.78. The fourth-order valence-corrected chi connectivity index (χ4v) is 4.16. The van der Waals surface area contributed by atoms with Gasteiger partial charge in [0, 0.05) is 0 Å². The van der Waals surface area contributed by atoms with Gasteiger partial charge in [0.1, 0.15) is 0 Å². The summed E-state index contributed by atoms with van der Waals surface area (Å²) in [7, 11) is 2.09. The third-order valence-electron chi connectivity index (χ3n) is 3.24. The molecule has 0 bridgehead atoms. The Hall–Kier alpha value is -1.16. The molecule has 1 aromatic carbocycles. The van der Waals surface area contributed by atoms with Crippen LogP contribution in [0.1, 0.15) is 5.56 Å². The monoisotopic (exact) mass is 303 g/mol. The summed E-state index contributed by atoms with van der Waals surface area (Å²) in [6, 6.07) is 8.40. The van der Waals surface area contributed by atoms with E-state index in [2.05, 4.69) is 77.5 Å². The predicted octanol–water partition coefficient (Wildman–Crippen LogP) is 2.43. The summed E-state index contributed by atoms with van der Waals surface area (Å²) in [5.74, 6) is 8.22. The van der Waals surface area contributed by atoms with Gasteiger partial charge in [-0.05, 0) is 0 Å². The van der Waals surface area contributed by atoms with Crippen molar-refractivity contribution in [3.63, 3.8) is 0 Å². The number of nitrogens with zero attached hydrogens (tertiary/aromatic N) is 2. The minimum atomic E-state index is -1.78. The van der Waals surface area contributed by atoms with Gasteiger partial charge in [-0.25, -0.2) is 0 Å². The maximum atomic E-state index is 4.69. The standard InChI is InChI=1S/C15H21GeN2/c1-12-8-6-7-9-14(12)15-17-10-13(11-18(15)5)16(2,3)4/h6-11H,1-5H3/q+1. The second-order valence-corrected chi connectivity index (χ2v) is 16.5. The Morgan fingerprint density at radius 3 is 2.33 bits per heavy atom. The zero-order valence-corrected chi connectivity index (χ0v) is 14.0. The van der Waals surface area contributed by atoms with Gasteiger partial charge in [-0.15, -0.1) is 0 Å². The van der Waals surface area contributed by atoms with Crippen molar-refractivity contribution in [3.8, 4) is 11.4 Å². The molecule has 2 aromatic rings. The molecule has 0 aliphatic carbocycles. The Morgan fingerprint density at radius 2 is 1.78 bits per heavy atom. The van der Waals surface area contributed by atoms with Crippen LogP contribution in [0.3, 0.4) is 0 Å². The molecule has 2 nitrogen and oxygen atoms in total. The molecular weight excluding hydrogens is 281 g/mol. The minimum absolute atomic E-state index is 1.04. The van der Waals surface area contributed by atoms with Crippen LogP contribution >= 0.6 is 0 Å². The molecule has 1 aromatic heterocycles. The maximum absolute atomic E-state index is 4.69. The first-order valence-electron chi connectivity index (χ1n) is 6.32. The summed E-state index contributed by atoms with van der Waals surface area (Å²) in [4.78, 5) is 4.69. The molecule has 0 N–H and O–H groups in total. The van der Waals surface area contributed by atoms with Gasteiger partial charge in [-0.3, -0.25) is 0 Å². The normalized spacial score (nSPS) is 11.6. The summed E-state index contributed by atoms with van der Waals surface area (Å²) in [6.07, 6.45) is 4.33. The van der Waals surface area contributed by atoms with Crippen LogP contribution in [0, 0.1) is 6.92 Å². The number of aromatic nitrogens is 2. The number of benzene rings is 1. The fourth-order valence-electron chi connectivity index (χ4n) is 2.00. The molecule has 1 heterocycles. The molecule has 94 valence electrons. The second kappa shape index (κ2) is 4.84. The zero-order chi connectivity index (χ0) is 13.3. The van der Waals surface area contributed by atoms with Crippen molar-refractivity contribution in [3.05, 3.63) is 42.2 Å². The van der Waals surface area contributed by atoms with Gasteiger partial charge in [0.2, 0.25) is 0 Å². The second-order valence-electron chi connectivity index (χ2n) is 5.84. The van der Waals surface area contributed by atoms with Gasteiger partial charge >= 0.3 is 112 Å². The predicted molar refractivity (Wildman–Crippen MR) is 78.6 cm³/mol. The van der Waals surface area contributed by atoms with Crippen molar-refractivity contribution in [2.45, 2.75) is 24.2 Å². The number of hydrogen-bond acceptors (Lipinski definition) is 1. The molecule has 2 rings (SSSR count). The van der Waals surface area contributed by atoms with Crippen LogP contribution in [0.2, 0.25) is 17.3 Å². The first-order valence-corrected chi connectivity index (χ1v) is 13.7. The fraction of sp³-hybridized carbons (Fsp3) is 0.333. The van der Waals surface area contributed by atoms with E-state index in [-0.39, 0.29) is 0 Å². The summed E-state index contributed by atoms with van der Waals surface area (Å²) in [5, 5.41) is 0. The molecule has 0 amide bonds. The van der Waals surface area contributed by atoms with E-state index in [0.717, 1.165) is 5.82 Å². The van der Waals surface area contributed by atoms with E-state index < -0.39 is 13.3 Å². The number of hydrogen-bond donors (Lipinski definition) is 0. The Balaban J connectivity index is 2.52. The van der Waals surface area contributed by atoms with Crippen LogP contribution in [0.5, 0.6) is 0 Å². The Labute approximate surface area is 112 Å². The van der Waals surface area contributed by atoms with Crippen LogP contribution in [-0.4, -0.2) is 18.3 Å². The van der Waals surface area contributed by atoms with Crippen LogP contribution in [-0.2, 0) is 7.05 Å². The van der Waals surface area contributed by atoms with Gasteiger partial charge in [0.15, 0.2) is 0 Å². The van der Waals surface area contributed by atoms with Crippen molar-refractivity contribution in [2.24, 2.45) is 7.05 Å². The summed E-state index contributed by atoms with van der Waals surface area (Å²) in [5.41, 5.74) is 2.48. The molecular formula is C15H21GeN2+. The van der Waals surface area contributed by atoms with Gasteiger partial charge in [0.25, 0.3) is 0 Å². The molecule has 0 spiro atoms. The third-order valence-corrected chi connectivity index (χ3v) is 7.42. The van der Waals surface area contributed by atoms with E-state index >= 15 is 0 Å². The summed E-state index contributed by atoms with van der Waals surface area (Å²) < 4.78 is 3.60. The molecule has 3 heteroatoms. The molecule has 0 saturated carbocycles. The van der Waals surface area contributed by atoms with Crippen molar-refractivity contribution in [1.29, 1.82) is 0 Å². The topological polar surface area (TPSA) is 16.8 Å². The molecule has 0 aliphatic rings. The Morgan fingerprint density at radius 1 is 1.11 bits per heavy atom.